The highest BCUT2D eigenvalue weighted by Crippen LogP contribution is 2.23. The summed E-state index contributed by atoms with van der Waals surface area (Å²) in [4.78, 5) is 15.1. The fourth-order valence-electron chi connectivity index (χ4n) is 1.71. The molecule has 1 heterocycles. The molecule has 18 heavy (non-hydrogen) atoms. The third kappa shape index (κ3) is 2.56. The smallest absolute Gasteiger partial charge is 0.227 e. The first-order valence-electron chi connectivity index (χ1n) is 5.60. The molecule has 2 aromatic rings. The number of thioether (sulfide) groups is 1. The summed E-state index contributed by atoms with van der Waals surface area (Å²) in [6.45, 7) is 4.15. The number of benzene rings is 1. The van der Waals surface area contributed by atoms with Gasteiger partial charge in [-0.3, -0.25) is 9.36 Å². The molecule has 2 rings (SSSR count). The molecule has 0 unspecified atom stereocenters. The zero-order valence-electron chi connectivity index (χ0n) is 10.4. The van der Waals surface area contributed by atoms with Crippen molar-refractivity contribution in [3.8, 4) is 5.69 Å². The summed E-state index contributed by atoms with van der Waals surface area (Å²) in [6, 6.07) is 6.13. The van der Waals surface area contributed by atoms with Crippen molar-refractivity contribution in [1.82, 2.24) is 9.55 Å². The quantitative estimate of drug-likeness (QED) is 0.857. The maximum absolute atomic E-state index is 10.8. The van der Waals surface area contributed by atoms with Crippen LogP contribution >= 0.6 is 11.8 Å². The molecule has 4 nitrogen and oxygen atoms in total. The molecule has 1 aromatic heterocycles. The minimum atomic E-state index is -0.337. The van der Waals surface area contributed by atoms with Crippen LogP contribution in [0.4, 0.5) is 0 Å². The van der Waals surface area contributed by atoms with E-state index in [1.165, 1.54) is 22.9 Å². The maximum atomic E-state index is 10.8. The van der Waals surface area contributed by atoms with Gasteiger partial charge >= 0.3 is 0 Å². The van der Waals surface area contributed by atoms with Gasteiger partial charge in [0.05, 0.1) is 11.4 Å². The highest BCUT2D eigenvalue weighted by molar-refractivity contribution is 7.99. The van der Waals surface area contributed by atoms with Crippen molar-refractivity contribution in [2.75, 3.05) is 5.75 Å². The van der Waals surface area contributed by atoms with Crippen LogP contribution in [-0.2, 0) is 4.79 Å². The first kappa shape index (κ1) is 12.7. The van der Waals surface area contributed by atoms with E-state index in [-0.39, 0.29) is 11.7 Å². The maximum Gasteiger partial charge on any atom is 0.227 e. The van der Waals surface area contributed by atoms with Crippen LogP contribution in [0.2, 0.25) is 0 Å². The number of nitrogens with zero attached hydrogens (tertiary/aromatic N) is 2. The van der Waals surface area contributed by atoms with E-state index < -0.39 is 0 Å². The second kappa shape index (κ2) is 5.27. The highest BCUT2D eigenvalue weighted by atomic mass is 32.2. The SMILES string of the molecule is Cc1cccc(-n2ccnc2SCC(N)=O)c1C. The van der Waals surface area contributed by atoms with Gasteiger partial charge in [-0.15, -0.1) is 0 Å². The van der Waals surface area contributed by atoms with Gasteiger partial charge in [0.1, 0.15) is 0 Å². The lowest BCUT2D eigenvalue weighted by atomic mass is 10.1. The molecule has 0 spiro atoms. The number of amides is 1. The van der Waals surface area contributed by atoms with E-state index in [0.29, 0.717) is 0 Å². The van der Waals surface area contributed by atoms with E-state index in [0.717, 1.165) is 10.8 Å². The van der Waals surface area contributed by atoms with Crippen molar-refractivity contribution in [2.45, 2.75) is 19.0 Å². The minimum Gasteiger partial charge on any atom is -0.369 e. The fourth-order valence-corrected chi connectivity index (χ4v) is 2.42. The molecule has 0 aliphatic carbocycles. The Bertz CT molecular complexity index is 577. The Balaban J connectivity index is 2.36. The average Bonchev–Trinajstić information content (AvgIpc) is 2.78. The lowest BCUT2D eigenvalue weighted by Gasteiger charge is -2.11. The molecule has 0 atom stereocenters. The lowest BCUT2D eigenvalue weighted by molar-refractivity contribution is -0.115. The van der Waals surface area contributed by atoms with Crippen molar-refractivity contribution >= 4 is 17.7 Å². The van der Waals surface area contributed by atoms with Crippen molar-refractivity contribution in [1.29, 1.82) is 0 Å². The van der Waals surface area contributed by atoms with Crippen LogP contribution in [0.5, 0.6) is 0 Å². The second-order valence-electron chi connectivity index (χ2n) is 4.05. The fraction of sp³-hybridized carbons (Fsp3) is 0.231. The number of carbonyl (C=O) groups is 1. The average molecular weight is 261 g/mol. The summed E-state index contributed by atoms with van der Waals surface area (Å²) in [5.41, 5.74) is 8.67. The molecule has 1 amide bonds. The van der Waals surface area contributed by atoms with Crippen molar-refractivity contribution < 1.29 is 4.79 Å². The molecule has 0 radical (unpaired) electrons. The van der Waals surface area contributed by atoms with Crippen LogP contribution in [0.25, 0.3) is 5.69 Å². The van der Waals surface area contributed by atoms with Crippen LogP contribution in [0.1, 0.15) is 11.1 Å². The van der Waals surface area contributed by atoms with Gasteiger partial charge in [0, 0.05) is 12.4 Å². The van der Waals surface area contributed by atoms with Crippen molar-refractivity contribution in [3.63, 3.8) is 0 Å². The van der Waals surface area contributed by atoms with Gasteiger partial charge < -0.3 is 5.73 Å². The lowest BCUT2D eigenvalue weighted by Crippen LogP contribution is -2.13. The van der Waals surface area contributed by atoms with Gasteiger partial charge in [0.25, 0.3) is 0 Å². The van der Waals surface area contributed by atoms with E-state index in [9.17, 15) is 4.79 Å². The summed E-state index contributed by atoms with van der Waals surface area (Å²) >= 11 is 1.35. The van der Waals surface area contributed by atoms with Crippen LogP contribution in [0.3, 0.4) is 0 Å². The van der Waals surface area contributed by atoms with Gasteiger partial charge in [-0.05, 0) is 31.0 Å². The summed E-state index contributed by atoms with van der Waals surface area (Å²) in [5, 5.41) is 0.780. The Hall–Kier alpha value is -1.75. The van der Waals surface area contributed by atoms with Crippen molar-refractivity contribution in [2.24, 2.45) is 5.73 Å². The summed E-state index contributed by atoms with van der Waals surface area (Å²) in [7, 11) is 0. The number of hydrogen-bond donors (Lipinski definition) is 1. The molecule has 0 bridgehead atoms. The number of hydrogen-bond acceptors (Lipinski definition) is 3. The van der Waals surface area contributed by atoms with E-state index in [2.05, 4.69) is 24.9 Å². The minimum absolute atomic E-state index is 0.238. The standard InChI is InChI=1S/C13H15N3OS/c1-9-4-3-5-11(10(9)2)16-7-6-15-13(16)18-8-12(14)17/h3-7H,8H2,1-2H3,(H2,14,17). The third-order valence-electron chi connectivity index (χ3n) is 2.79. The zero-order chi connectivity index (χ0) is 13.1. The van der Waals surface area contributed by atoms with Crippen LogP contribution in [0, 0.1) is 13.8 Å². The van der Waals surface area contributed by atoms with Crippen LogP contribution in [0.15, 0.2) is 35.7 Å². The predicted octanol–water partition coefficient (Wildman–Crippen LogP) is 2.07. The monoisotopic (exact) mass is 261 g/mol. The number of aromatic nitrogens is 2. The molecule has 5 heteroatoms. The highest BCUT2D eigenvalue weighted by Gasteiger charge is 2.09. The van der Waals surface area contributed by atoms with E-state index in [1.807, 2.05) is 22.9 Å². The number of nitrogens with two attached hydrogens (primary N) is 1. The van der Waals surface area contributed by atoms with Gasteiger partial charge in [0.2, 0.25) is 5.91 Å². The topological polar surface area (TPSA) is 60.9 Å². The van der Waals surface area contributed by atoms with Crippen LogP contribution < -0.4 is 5.73 Å². The Morgan fingerprint density at radius 3 is 2.94 bits per heavy atom. The molecule has 94 valence electrons. The predicted molar refractivity (Wildman–Crippen MR) is 73.0 cm³/mol. The molecular formula is C13H15N3OS. The molecule has 0 saturated heterocycles. The van der Waals surface area contributed by atoms with Crippen LogP contribution in [-0.4, -0.2) is 21.2 Å². The van der Waals surface area contributed by atoms with Gasteiger partial charge in [-0.1, -0.05) is 23.9 Å². The Labute approximate surface area is 110 Å². The van der Waals surface area contributed by atoms with Gasteiger partial charge in [0.15, 0.2) is 5.16 Å². The molecule has 1 aromatic carbocycles. The van der Waals surface area contributed by atoms with E-state index >= 15 is 0 Å². The Morgan fingerprint density at radius 2 is 2.22 bits per heavy atom. The van der Waals surface area contributed by atoms with E-state index in [4.69, 9.17) is 5.73 Å². The summed E-state index contributed by atoms with van der Waals surface area (Å²) < 4.78 is 1.98. The van der Waals surface area contributed by atoms with E-state index in [1.54, 1.807) is 6.20 Å². The number of rotatable bonds is 4. The molecular weight excluding hydrogens is 246 g/mol. The normalized spacial score (nSPS) is 10.6. The first-order valence-corrected chi connectivity index (χ1v) is 6.59. The molecule has 0 aliphatic heterocycles. The molecule has 0 aliphatic rings. The zero-order valence-corrected chi connectivity index (χ0v) is 11.2. The van der Waals surface area contributed by atoms with Crippen molar-refractivity contribution in [3.05, 3.63) is 41.7 Å². The molecule has 0 fully saturated rings. The number of primary amides is 1. The number of imidazole rings is 1. The Morgan fingerprint density at radius 1 is 1.44 bits per heavy atom. The number of aryl methyl sites for hydroxylation is 1. The number of carbonyl (C=O) groups excluding carboxylic acids is 1. The Kier molecular flexibility index (Phi) is 3.72. The molecule has 0 saturated carbocycles. The third-order valence-corrected chi connectivity index (χ3v) is 3.78. The van der Waals surface area contributed by atoms with Gasteiger partial charge in [-0.2, -0.15) is 0 Å². The summed E-state index contributed by atoms with van der Waals surface area (Å²) in [6.07, 6.45) is 3.62. The largest absolute Gasteiger partial charge is 0.369 e. The first-order chi connectivity index (χ1) is 8.59. The second-order valence-corrected chi connectivity index (χ2v) is 5.00. The summed E-state index contributed by atoms with van der Waals surface area (Å²) in [5.74, 6) is -0.0995. The van der Waals surface area contributed by atoms with Gasteiger partial charge in [-0.25, -0.2) is 4.98 Å². The molecule has 2 N–H and O–H groups in total.